The summed E-state index contributed by atoms with van der Waals surface area (Å²) in [6.45, 7) is 2.09. The number of hydrogen-bond acceptors (Lipinski definition) is 5. The lowest BCUT2D eigenvalue weighted by molar-refractivity contribution is -0.0300. The van der Waals surface area contributed by atoms with Crippen molar-refractivity contribution in [1.29, 1.82) is 0 Å². The van der Waals surface area contributed by atoms with Crippen molar-refractivity contribution < 1.29 is 9.90 Å². The summed E-state index contributed by atoms with van der Waals surface area (Å²) in [6.07, 6.45) is 2.51. The molecule has 1 aromatic rings. The van der Waals surface area contributed by atoms with E-state index in [9.17, 15) is 9.90 Å². The summed E-state index contributed by atoms with van der Waals surface area (Å²) in [4.78, 5) is 20.1. The number of carbonyl (C=O) groups is 1. The van der Waals surface area contributed by atoms with Gasteiger partial charge in [-0.25, -0.2) is 9.97 Å². The minimum Gasteiger partial charge on any atom is -0.388 e. The van der Waals surface area contributed by atoms with Gasteiger partial charge in [0, 0.05) is 19.3 Å². The number of aryl methyl sites for hydroxylation is 1. The number of aliphatic hydroxyl groups is 1. The van der Waals surface area contributed by atoms with Gasteiger partial charge in [-0.05, 0) is 32.3 Å². The summed E-state index contributed by atoms with van der Waals surface area (Å²) in [5.74, 6) is 0.139. The summed E-state index contributed by atoms with van der Waals surface area (Å²) in [7, 11) is 1.70. The summed E-state index contributed by atoms with van der Waals surface area (Å²) in [5.41, 5.74) is 0.320. The monoisotopic (exact) mass is 250 g/mol. The average molecular weight is 250 g/mol. The van der Waals surface area contributed by atoms with Crippen LogP contribution in [0.3, 0.4) is 0 Å². The predicted octanol–water partition coefficient (Wildman–Crippen LogP) is 0.472. The highest BCUT2D eigenvalue weighted by Gasteiger charge is 2.34. The molecule has 1 saturated carbocycles. The van der Waals surface area contributed by atoms with Crippen molar-refractivity contribution in [3.05, 3.63) is 17.5 Å². The van der Waals surface area contributed by atoms with Gasteiger partial charge in [-0.1, -0.05) is 0 Å². The van der Waals surface area contributed by atoms with E-state index in [1.165, 1.54) is 0 Å². The Balaban J connectivity index is 2.01. The first-order valence-electron chi connectivity index (χ1n) is 6.06. The third-order valence-electron chi connectivity index (χ3n) is 3.17. The average Bonchev–Trinajstić information content (AvgIpc) is 2.32. The molecule has 0 spiro atoms. The van der Waals surface area contributed by atoms with Crippen LogP contribution in [0.5, 0.6) is 0 Å². The Kier molecular flexibility index (Phi) is 3.47. The second-order valence-electron chi connectivity index (χ2n) is 4.73. The molecule has 0 aromatic carbocycles. The van der Waals surface area contributed by atoms with Crippen LogP contribution in [-0.4, -0.2) is 40.2 Å². The smallest absolute Gasteiger partial charge is 0.270 e. The van der Waals surface area contributed by atoms with Gasteiger partial charge in [0.1, 0.15) is 5.69 Å². The lowest BCUT2D eigenvalue weighted by atomic mass is 9.80. The highest BCUT2D eigenvalue weighted by Crippen LogP contribution is 2.30. The molecule has 18 heavy (non-hydrogen) atoms. The number of aromatic nitrogens is 2. The summed E-state index contributed by atoms with van der Waals surface area (Å²) < 4.78 is 0. The fraction of sp³-hybridized carbons (Fsp3) is 0.583. The van der Waals surface area contributed by atoms with Gasteiger partial charge in [0.2, 0.25) is 5.95 Å². The maximum Gasteiger partial charge on any atom is 0.270 e. The summed E-state index contributed by atoms with van der Waals surface area (Å²) in [6, 6.07) is 1.63. The van der Waals surface area contributed by atoms with Gasteiger partial charge >= 0.3 is 0 Å². The van der Waals surface area contributed by atoms with Crippen molar-refractivity contribution in [2.45, 2.75) is 31.8 Å². The molecule has 0 radical (unpaired) electrons. The zero-order valence-electron chi connectivity index (χ0n) is 10.7. The number of rotatable bonds is 4. The predicted molar refractivity (Wildman–Crippen MR) is 67.4 cm³/mol. The second-order valence-corrected chi connectivity index (χ2v) is 4.73. The molecule has 0 saturated heterocycles. The van der Waals surface area contributed by atoms with Crippen LogP contribution >= 0.6 is 0 Å². The molecule has 2 rings (SSSR count). The quantitative estimate of drug-likeness (QED) is 0.723. The number of anilines is 1. The van der Waals surface area contributed by atoms with Crippen LogP contribution in [0.25, 0.3) is 0 Å². The molecule has 1 amide bonds. The minimum atomic E-state index is -0.719. The summed E-state index contributed by atoms with van der Waals surface area (Å²) in [5, 5.41) is 15.4. The van der Waals surface area contributed by atoms with Crippen molar-refractivity contribution >= 4 is 11.9 Å². The van der Waals surface area contributed by atoms with Crippen molar-refractivity contribution in [2.75, 3.05) is 18.9 Å². The van der Waals surface area contributed by atoms with E-state index in [0.717, 1.165) is 25.0 Å². The van der Waals surface area contributed by atoms with E-state index in [1.54, 1.807) is 20.0 Å². The van der Waals surface area contributed by atoms with E-state index < -0.39 is 5.60 Å². The van der Waals surface area contributed by atoms with Crippen molar-refractivity contribution in [1.82, 2.24) is 15.3 Å². The molecular formula is C12H18N4O2. The van der Waals surface area contributed by atoms with Crippen LogP contribution < -0.4 is 10.6 Å². The fourth-order valence-corrected chi connectivity index (χ4v) is 1.89. The molecule has 0 unspecified atom stereocenters. The molecule has 0 aliphatic heterocycles. The highest BCUT2D eigenvalue weighted by molar-refractivity contribution is 5.92. The van der Waals surface area contributed by atoms with Gasteiger partial charge in [-0.15, -0.1) is 0 Å². The van der Waals surface area contributed by atoms with Gasteiger partial charge in [0.15, 0.2) is 0 Å². The van der Waals surface area contributed by atoms with Gasteiger partial charge in [0.25, 0.3) is 5.91 Å². The van der Waals surface area contributed by atoms with Gasteiger partial charge in [0.05, 0.1) is 5.60 Å². The van der Waals surface area contributed by atoms with Crippen molar-refractivity contribution in [3.8, 4) is 0 Å². The van der Waals surface area contributed by atoms with Crippen LogP contribution in [0.2, 0.25) is 0 Å². The molecular weight excluding hydrogens is 232 g/mol. The zero-order chi connectivity index (χ0) is 13.2. The SMILES string of the molecule is CNc1nc(C)cc(C(=O)NCC2(O)CCC2)n1. The lowest BCUT2D eigenvalue weighted by Crippen LogP contribution is -2.47. The molecule has 1 aliphatic carbocycles. The third-order valence-corrected chi connectivity index (χ3v) is 3.17. The molecule has 0 bridgehead atoms. The van der Waals surface area contributed by atoms with Crippen molar-refractivity contribution in [3.63, 3.8) is 0 Å². The van der Waals surface area contributed by atoms with E-state index in [2.05, 4.69) is 20.6 Å². The van der Waals surface area contributed by atoms with Crippen LogP contribution in [-0.2, 0) is 0 Å². The van der Waals surface area contributed by atoms with Gasteiger partial charge < -0.3 is 15.7 Å². The Labute approximate surface area is 106 Å². The Morgan fingerprint density at radius 2 is 2.22 bits per heavy atom. The standard InChI is InChI=1S/C12H18N4O2/c1-8-6-9(16-11(13-2)15-8)10(17)14-7-12(18)4-3-5-12/h6,18H,3-5,7H2,1-2H3,(H,14,17)(H,13,15,16). The number of carbonyl (C=O) groups excluding carboxylic acids is 1. The van der Waals surface area contributed by atoms with Gasteiger partial charge in [-0.3, -0.25) is 4.79 Å². The number of amides is 1. The number of hydrogen-bond donors (Lipinski definition) is 3. The van der Waals surface area contributed by atoms with E-state index in [4.69, 9.17) is 0 Å². The summed E-state index contributed by atoms with van der Waals surface area (Å²) >= 11 is 0. The van der Waals surface area contributed by atoms with Crippen LogP contribution in [0.15, 0.2) is 6.07 Å². The van der Waals surface area contributed by atoms with Crippen molar-refractivity contribution in [2.24, 2.45) is 0 Å². The molecule has 0 atom stereocenters. The van der Waals surface area contributed by atoms with Crippen LogP contribution in [0.4, 0.5) is 5.95 Å². The first kappa shape index (κ1) is 12.8. The maximum atomic E-state index is 11.9. The number of nitrogens with one attached hydrogen (secondary N) is 2. The van der Waals surface area contributed by atoms with E-state index in [1.807, 2.05) is 0 Å². The third kappa shape index (κ3) is 2.76. The molecule has 1 aliphatic rings. The zero-order valence-corrected chi connectivity index (χ0v) is 10.7. The Morgan fingerprint density at radius 3 is 2.78 bits per heavy atom. The highest BCUT2D eigenvalue weighted by atomic mass is 16.3. The normalized spacial score (nSPS) is 16.8. The Morgan fingerprint density at radius 1 is 1.50 bits per heavy atom. The van der Waals surface area contributed by atoms with E-state index in [0.29, 0.717) is 11.6 Å². The number of nitrogens with zero attached hydrogens (tertiary/aromatic N) is 2. The van der Waals surface area contributed by atoms with E-state index >= 15 is 0 Å². The lowest BCUT2D eigenvalue weighted by Gasteiger charge is -2.36. The first-order chi connectivity index (χ1) is 8.52. The molecule has 3 N–H and O–H groups in total. The molecule has 6 nitrogen and oxygen atoms in total. The molecule has 1 fully saturated rings. The largest absolute Gasteiger partial charge is 0.388 e. The maximum absolute atomic E-state index is 11.9. The fourth-order valence-electron chi connectivity index (χ4n) is 1.89. The van der Waals surface area contributed by atoms with E-state index in [-0.39, 0.29) is 12.5 Å². The minimum absolute atomic E-state index is 0.280. The topological polar surface area (TPSA) is 87.1 Å². The second kappa shape index (κ2) is 4.89. The molecule has 98 valence electrons. The Bertz CT molecular complexity index is 457. The van der Waals surface area contributed by atoms with Crippen LogP contribution in [0.1, 0.15) is 35.4 Å². The molecule has 1 heterocycles. The molecule has 6 heteroatoms. The Hall–Kier alpha value is -1.69. The van der Waals surface area contributed by atoms with Gasteiger partial charge in [-0.2, -0.15) is 0 Å². The van der Waals surface area contributed by atoms with Crippen LogP contribution in [0, 0.1) is 6.92 Å². The molecule has 1 aromatic heterocycles. The first-order valence-corrected chi connectivity index (χ1v) is 6.06.